The summed E-state index contributed by atoms with van der Waals surface area (Å²) < 4.78 is 38.4. The minimum Gasteiger partial charge on any atom is -0.315 e. The van der Waals surface area contributed by atoms with Gasteiger partial charge in [0.25, 0.3) is 0 Å². The van der Waals surface area contributed by atoms with Crippen LogP contribution in [0.1, 0.15) is 22.0 Å². The maximum Gasteiger partial charge on any atom is 0.434 e. The summed E-state index contributed by atoms with van der Waals surface area (Å²) in [6, 6.07) is 0. The fraction of sp³-hybridized carbons (Fsp3) is 0.727. The average molecular weight is 316 g/mol. The van der Waals surface area contributed by atoms with E-state index in [1.165, 1.54) is 0 Å². The molecule has 2 heterocycles. The molecule has 1 aliphatic heterocycles. The van der Waals surface area contributed by atoms with Gasteiger partial charge in [0.1, 0.15) is 0 Å². The van der Waals surface area contributed by atoms with Crippen LogP contribution in [0.15, 0.2) is 0 Å². The third kappa shape index (κ3) is 4.59. The highest BCUT2D eigenvalue weighted by Gasteiger charge is 2.37. The van der Waals surface area contributed by atoms with E-state index in [9.17, 15) is 13.2 Å². The SMILES string of the molecule is Cc1nc(C(F)(F)F)c(CN2CCCNCC2)s1.Cl. The van der Waals surface area contributed by atoms with E-state index in [4.69, 9.17) is 0 Å². The van der Waals surface area contributed by atoms with Crippen molar-refractivity contribution in [1.29, 1.82) is 0 Å². The van der Waals surface area contributed by atoms with Gasteiger partial charge in [-0.3, -0.25) is 4.90 Å². The highest BCUT2D eigenvalue weighted by Crippen LogP contribution is 2.34. The van der Waals surface area contributed by atoms with Gasteiger partial charge < -0.3 is 5.32 Å². The molecule has 19 heavy (non-hydrogen) atoms. The number of hydrogen-bond acceptors (Lipinski definition) is 4. The van der Waals surface area contributed by atoms with Gasteiger partial charge in [0, 0.05) is 19.6 Å². The molecule has 110 valence electrons. The van der Waals surface area contributed by atoms with Crippen molar-refractivity contribution in [3.63, 3.8) is 0 Å². The molecule has 3 nitrogen and oxygen atoms in total. The number of thiazole rings is 1. The van der Waals surface area contributed by atoms with Gasteiger partial charge in [-0.15, -0.1) is 23.7 Å². The van der Waals surface area contributed by atoms with Crippen molar-refractivity contribution in [3.05, 3.63) is 15.6 Å². The Bertz CT molecular complexity index is 400. The Hall–Kier alpha value is -0.370. The van der Waals surface area contributed by atoms with Crippen molar-refractivity contribution in [2.75, 3.05) is 26.2 Å². The Morgan fingerprint density at radius 1 is 1.32 bits per heavy atom. The summed E-state index contributed by atoms with van der Waals surface area (Å²) in [5, 5.41) is 3.71. The molecule has 0 radical (unpaired) electrons. The lowest BCUT2D eigenvalue weighted by atomic mass is 10.3. The van der Waals surface area contributed by atoms with Crippen LogP contribution in [0.4, 0.5) is 13.2 Å². The van der Waals surface area contributed by atoms with Crippen LogP contribution >= 0.6 is 23.7 Å². The van der Waals surface area contributed by atoms with Gasteiger partial charge in [-0.25, -0.2) is 4.98 Å². The zero-order valence-electron chi connectivity index (χ0n) is 10.6. The number of nitrogens with zero attached hydrogens (tertiary/aromatic N) is 2. The summed E-state index contributed by atoms with van der Waals surface area (Å²) in [7, 11) is 0. The molecule has 1 N–H and O–H groups in total. The topological polar surface area (TPSA) is 28.2 Å². The maximum absolute atomic E-state index is 12.8. The number of hydrogen-bond donors (Lipinski definition) is 1. The molecule has 0 spiro atoms. The summed E-state index contributed by atoms with van der Waals surface area (Å²) in [4.78, 5) is 6.01. The van der Waals surface area contributed by atoms with E-state index in [1.807, 2.05) is 0 Å². The lowest BCUT2D eigenvalue weighted by Gasteiger charge is -2.19. The van der Waals surface area contributed by atoms with E-state index in [1.54, 1.807) is 6.92 Å². The average Bonchev–Trinajstić information content (AvgIpc) is 2.49. The van der Waals surface area contributed by atoms with Crippen LogP contribution in [-0.2, 0) is 12.7 Å². The number of aryl methyl sites for hydroxylation is 1. The minimum absolute atomic E-state index is 0. The minimum atomic E-state index is -4.34. The van der Waals surface area contributed by atoms with E-state index < -0.39 is 11.9 Å². The van der Waals surface area contributed by atoms with Crippen molar-refractivity contribution in [2.45, 2.75) is 26.1 Å². The quantitative estimate of drug-likeness (QED) is 0.909. The fourth-order valence-electron chi connectivity index (χ4n) is 2.06. The van der Waals surface area contributed by atoms with E-state index in [0.717, 1.165) is 43.9 Å². The van der Waals surface area contributed by atoms with Crippen LogP contribution in [0.25, 0.3) is 0 Å². The largest absolute Gasteiger partial charge is 0.434 e. The van der Waals surface area contributed by atoms with Crippen LogP contribution in [0.3, 0.4) is 0 Å². The maximum atomic E-state index is 12.8. The van der Waals surface area contributed by atoms with E-state index >= 15 is 0 Å². The zero-order valence-corrected chi connectivity index (χ0v) is 12.2. The summed E-state index contributed by atoms with van der Waals surface area (Å²) in [6.07, 6.45) is -3.37. The van der Waals surface area contributed by atoms with Crippen LogP contribution in [0.5, 0.6) is 0 Å². The van der Waals surface area contributed by atoms with Gasteiger partial charge in [-0.05, 0) is 26.4 Å². The molecule has 1 fully saturated rings. The first-order valence-electron chi connectivity index (χ1n) is 5.93. The molecule has 1 aromatic heterocycles. The Labute approximate surface area is 120 Å². The number of halogens is 4. The van der Waals surface area contributed by atoms with Crippen molar-refractivity contribution >= 4 is 23.7 Å². The molecule has 0 bridgehead atoms. The lowest BCUT2D eigenvalue weighted by Crippen LogP contribution is -2.28. The third-order valence-corrected chi connectivity index (χ3v) is 3.83. The Morgan fingerprint density at radius 2 is 2.05 bits per heavy atom. The predicted octanol–water partition coefficient (Wildman–Crippen LogP) is 2.69. The second-order valence-corrected chi connectivity index (χ2v) is 5.67. The number of nitrogens with one attached hydrogen (secondary N) is 1. The van der Waals surface area contributed by atoms with Crippen molar-refractivity contribution in [1.82, 2.24) is 15.2 Å². The number of alkyl halides is 3. The molecule has 0 saturated carbocycles. The molecule has 0 unspecified atom stereocenters. The van der Waals surface area contributed by atoms with Gasteiger partial charge >= 0.3 is 6.18 Å². The van der Waals surface area contributed by atoms with Crippen LogP contribution < -0.4 is 5.32 Å². The molecule has 2 rings (SSSR count). The van der Waals surface area contributed by atoms with Gasteiger partial charge in [0.2, 0.25) is 0 Å². The van der Waals surface area contributed by atoms with Gasteiger partial charge in [-0.1, -0.05) is 0 Å². The normalized spacial score (nSPS) is 17.9. The monoisotopic (exact) mass is 315 g/mol. The van der Waals surface area contributed by atoms with Crippen molar-refractivity contribution < 1.29 is 13.2 Å². The molecular formula is C11H17ClF3N3S. The molecule has 0 aromatic carbocycles. The van der Waals surface area contributed by atoms with Gasteiger partial charge in [-0.2, -0.15) is 13.2 Å². The highest BCUT2D eigenvalue weighted by molar-refractivity contribution is 7.11. The second kappa shape index (κ2) is 6.88. The van der Waals surface area contributed by atoms with Gasteiger partial charge in [0.15, 0.2) is 5.69 Å². The van der Waals surface area contributed by atoms with E-state index in [0.29, 0.717) is 16.4 Å². The summed E-state index contributed by atoms with van der Waals surface area (Å²) >= 11 is 1.15. The Balaban J connectivity index is 0.00000180. The fourth-order valence-corrected chi connectivity index (χ4v) is 3.06. The van der Waals surface area contributed by atoms with Crippen LogP contribution in [0.2, 0.25) is 0 Å². The zero-order chi connectivity index (χ0) is 13.2. The van der Waals surface area contributed by atoms with Crippen molar-refractivity contribution in [2.24, 2.45) is 0 Å². The molecule has 1 aromatic rings. The predicted molar refractivity (Wildman–Crippen MR) is 71.9 cm³/mol. The Morgan fingerprint density at radius 3 is 2.74 bits per heavy atom. The Kier molecular flexibility index (Phi) is 6.04. The molecule has 1 aliphatic rings. The van der Waals surface area contributed by atoms with E-state index in [-0.39, 0.29) is 12.4 Å². The number of aromatic nitrogens is 1. The lowest BCUT2D eigenvalue weighted by molar-refractivity contribution is -0.141. The van der Waals surface area contributed by atoms with Crippen LogP contribution in [0, 0.1) is 6.92 Å². The van der Waals surface area contributed by atoms with Crippen molar-refractivity contribution in [3.8, 4) is 0 Å². The standard InChI is InChI=1S/C11H16F3N3S.ClH/c1-8-16-10(11(12,13)14)9(18-8)7-17-5-2-3-15-4-6-17;/h15H,2-7H2,1H3;1H. The van der Waals surface area contributed by atoms with Gasteiger partial charge in [0.05, 0.1) is 9.88 Å². The summed E-state index contributed by atoms with van der Waals surface area (Å²) in [6.45, 7) is 5.36. The van der Waals surface area contributed by atoms with E-state index in [2.05, 4.69) is 15.2 Å². The molecule has 0 atom stereocenters. The highest BCUT2D eigenvalue weighted by atomic mass is 35.5. The summed E-state index contributed by atoms with van der Waals surface area (Å²) in [5.41, 5.74) is -0.706. The smallest absolute Gasteiger partial charge is 0.315 e. The molecule has 0 amide bonds. The first-order chi connectivity index (χ1) is 8.47. The molecule has 1 saturated heterocycles. The first-order valence-corrected chi connectivity index (χ1v) is 6.75. The van der Waals surface area contributed by atoms with Crippen LogP contribution in [-0.4, -0.2) is 36.1 Å². The molecule has 8 heteroatoms. The third-order valence-electron chi connectivity index (χ3n) is 2.87. The summed E-state index contributed by atoms with van der Waals surface area (Å²) in [5.74, 6) is 0. The molecular weight excluding hydrogens is 299 g/mol. The molecule has 0 aliphatic carbocycles. The first kappa shape index (κ1) is 16.7. The number of rotatable bonds is 2. The second-order valence-electron chi connectivity index (χ2n) is 4.38.